The largest absolute Gasteiger partial charge is 0.341 e. The van der Waals surface area contributed by atoms with Gasteiger partial charge in [-0.05, 0) is 30.2 Å². The summed E-state index contributed by atoms with van der Waals surface area (Å²) in [5, 5.41) is 3.54. The number of hydrogen-bond donors (Lipinski definition) is 1. The van der Waals surface area contributed by atoms with Crippen molar-refractivity contribution in [1.82, 2.24) is 10.2 Å². The van der Waals surface area contributed by atoms with Crippen LogP contribution in [-0.2, 0) is 16.1 Å². The molecule has 26 heavy (non-hydrogen) atoms. The molecular formula is C20H20Cl2N2O2. The number of amides is 2. The van der Waals surface area contributed by atoms with E-state index in [2.05, 4.69) is 5.32 Å². The second kappa shape index (κ2) is 9.41. The van der Waals surface area contributed by atoms with E-state index in [4.69, 9.17) is 23.2 Å². The van der Waals surface area contributed by atoms with E-state index in [1.165, 1.54) is 11.0 Å². The van der Waals surface area contributed by atoms with Gasteiger partial charge in [0.25, 0.3) is 0 Å². The van der Waals surface area contributed by atoms with Crippen molar-refractivity contribution in [3.8, 4) is 0 Å². The number of hydrogen-bond acceptors (Lipinski definition) is 2. The SMILES string of the molecule is C[C@@H](NC(=O)/C=C/c1ccccc1)C(=O)N(C)Cc1cccc(Cl)c1Cl. The summed E-state index contributed by atoms with van der Waals surface area (Å²) in [6.07, 6.45) is 3.11. The molecule has 0 saturated carbocycles. The van der Waals surface area contributed by atoms with Crippen molar-refractivity contribution in [3.63, 3.8) is 0 Å². The van der Waals surface area contributed by atoms with E-state index in [9.17, 15) is 9.59 Å². The third-order valence-electron chi connectivity index (χ3n) is 3.77. The maximum atomic E-state index is 12.5. The smallest absolute Gasteiger partial charge is 0.244 e. The first kappa shape index (κ1) is 20.0. The summed E-state index contributed by atoms with van der Waals surface area (Å²) in [5.41, 5.74) is 1.66. The Labute approximate surface area is 163 Å². The molecule has 0 aliphatic rings. The first-order chi connectivity index (χ1) is 12.4. The first-order valence-electron chi connectivity index (χ1n) is 8.10. The van der Waals surface area contributed by atoms with Gasteiger partial charge in [0.05, 0.1) is 10.0 Å². The van der Waals surface area contributed by atoms with Gasteiger partial charge in [0.1, 0.15) is 6.04 Å². The fraction of sp³-hybridized carbons (Fsp3) is 0.200. The third kappa shape index (κ3) is 5.61. The fourth-order valence-electron chi connectivity index (χ4n) is 2.39. The van der Waals surface area contributed by atoms with Crippen molar-refractivity contribution in [2.24, 2.45) is 0 Å². The molecule has 0 saturated heterocycles. The maximum absolute atomic E-state index is 12.5. The van der Waals surface area contributed by atoms with Gasteiger partial charge in [-0.25, -0.2) is 0 Å². The van der Waals surface area contributed by atoms with E-state index in [0.717, 1.165) is 11.1 Å². The van der Waals surface area contributed by atoms with Crippen molar-refractivity contribution in [2.45, 2.75) is 19.5 Å². The minimum Gasteiger partial charge on any atom is -0.341 e. The van der Waals surface area contributed by atoms with Gasteiger partial charge in [-0.2, -0.15) is 0 Å². The van der Waals surface area contributed by atoms with E-state index < -0.39 is 6.04 Å². The van der Waals surface area contributed by atoms with Gasteiger partial charge in [0, 0.05) is 19.7 Å². The summed E-state index contributed by atoms with van der Waals surface area (Å²) >= 11 is 12.2. The molecule has 0 aliphatic heterocycles. The molecule has 0 radical (unpaired) electrons. The van der Waals surface area contributed by atoms with Crippen LogP contribution in [-0.4, -0.2) is 29.8 Å². The standard InChI is InChI=1S/C20H20Cl2N2O2/c1-14(23-18(25)12-11-15-7-4-3-5-8-15)20(26)24(2)13-16-9-6-10-17(21)19(16)22/h3-12,14H,13H2,1-2H3,(H,23,25)/b12-11+/t14-/m1/s1. The zero-order chi connectivity index (χ0) is 19.1. The number of nitrogens with one attached hydrogen (secondary N) is 1. The van der Waals surface area contributed by atoms with E-state index in [-0.39, 0.29) is 11.8 Å². The topological polar surface area (TPSA) is 49.4 Å². The van der Waals surface area contributed by atoms with Crippen molar-refractivity contribution in [1.29, 1.82) is 0 Å². The summed E-state index contributed by atoms with van der Waals surface area (Å²) < 4.78 is 0. The Morgan fingerprint density at radius 2 is 1.81 bits per heavy atom. The van der Waals surface area contributed by atoms with Gasteiger partial charge < -0.3 is 10.2 Å². The molecule has 2 amide bonds. The molecule has 0 unspecified atom stereocenters. The fourth-order valence-corrected chi connectivity index (χ4v) is 2.77. The van der Waals surface area contributed by atoms with Crippen molar-refractivity contribution >= 4 is 41.1 Å². The van der Waals surface area contributed by atoms with E-state index >= 15 is 0 Å². The van der Waals surface area contributed by atoms with E-state index in [1.54, 1.807) is 32.2 Å². The second-order valence-electron chi connectivity index (χ2n) is 5.88. The van der Waals surface area contributed by atoms with Crippen LogP contribution in [0.2, 0.25) is 10.0 Å². The lowest BCUT2D eigenvalue weighted by molar-refractivity contribution is -0.134. The van der Waals surface area contributed by atoms with Gasteiger partial charge in [-0.3, -0.25) is 9.59 Å². The molecule has 0 aromatic heterocycles. The van der Waals surface area contributed by atoms with Crippen LogP contribution in [0.15, 0.2) is 54.6 Å². The Morgan fingerprint density at radius 1 is 1.12 bits per heavy atom. The van der Waals surface area contributed by atoms with Crippen LogP contribution in [0.1, 0.15) is 18.1 Å². The normalized spacial score (nSPS) is 12.0. The molecule has 1 atom stereocenters. The molecule has 1 N–H and O–H groups in total. The van der Waals surface area contributed by atoms with Crippen molar-refractivity contribution in [3.05, 3.63) is 75.8 Å². The average Bonchev–Trinajstić information content (AvgIpc) is 2.64. The zero-order valence-electron chi connectivity index (χ0n) is 14.6. The lowest BCUT2D eigenvalue weighted by Crippen LogP contribution is -2.44. The van der Waals surface area contributed by atoms with E-state index in [1.807, 2.05) is 36.4 Å². The first-order valence-corrected chi connectivity index (χ1v) is 8.85. The summed E-state index contributed by atoms with van der Waals surface area (Å²) in [6.45, 7) is 1.95. The molecule has 6 heteroatoms. The van der Waals surface area contributed by atoms with Crippen LogP contribution in [0.4, 0.5) is 0 Å². The number of likely N-dealkylation sites (N-methyl/N-ethyl adjacent to an activating group) is 1. The Kier molecular flexibility index (Phi) is 7.25. The summed E-state index contributed by atoms with van der Waals surface area (Å²) in [7, 11) is 1.65. The highest BCUT2D eigenvalue weighted by Crippen LogP contribution is 2.26. The molecule has 0 aliphatic carbocycles. The summed E-state index contributed by atoms with van der Waals surface area (Å²) in [5.74, 6) is -0.550. The Morgan fingerprint density at radius 3 is 2.50 bits per heavy atom. The Hall–Kier alpha value is -2.30. The highest BCUT2D eigenvalue weighted by atomic mass is 35.5. The van der Waals surface area contributed by atoms with Gasteiger partial charge in [-0.1, -0.05) is 65.7 Å². The minimum atomic E-state index is -0.661. The monoisotopic (exact) mass is 390 g/mol. The number of halogens is 2. The van der Waals surface area contributed by atoms with Crippen molar-refractivity contribution in [2.75, 3.05) is 7.05 Å². The zero-order valence-corrected chi connectivity index (χ0v) is 16.1. The average molecular weight is 391 g/mol. The quantitative estimate of drug-likeness (QED) is 0.752. The predicted molar refractivity (Wildman–Crippen MR) is 106 cm³/mol. The number of carbonyl (C=O) groups excluding carboxylic acids is 2. The number of benzene rings is 2. The molecule has 4 nitrogen and oxygen atoms in total. The predicted octanol–water partition coefficient (Wildman–Crippen LogP) is 4.17. The Bertz CT molecular complexity index is 807. The molecule has 0 fully saturated rings. The molecule has 2 aromatic rings. The van der Waals surface area contributed by atoms with Crippen LogP contribution in [0.3, 0.4) is 0 Å². The van der Waals surface area contributed by atoms with Gasteiger partial charge in [0.2, 0.25) is 11.8 Å². The lowest BCUT2D eigenvalue weighted by atomic mass is 10.2. The Balaban J connectivity index is 1.92. The van der Waals surface area contributed by atoms with Crippen LogP contribution in [0.25, 0.3) is 6.08 Å². The second-order valence-corrected chi connectivity index (χ2v) is 6.67. The van der Waals surface area contributed by atoms with Crippen molar-refractivity contribution < 1.29 is 9.59 Å². The van der Waals surface area contributed by atoms with Crippen LogP contribution < -0.4 is 5.32 Å². The molecule has 2 aromatic carbocycles. The highest BCUT2D eigenvalue weighted by molar-refractivity contribution is 6.42. The summed E-state index contributed by atoms with van der Waals surface area (Å²) in [6, 6.07) is 14.1. The van der Waals surface area contributed by atoms with Crippen LogP contribution in [0.5, 0.6) is 0 Å². The third-order valence-corrected chi connectivity index (χ3v) is 4.63. The minimum absolute atomic E-state index is 0.220. The molecule has 2 rings (SSSR count). The maximum Gasteiger partial charge on any atom is 0.244 e. The van der Waals surface area contributed by atoms with Gasteiger partial charge in [0.15, 0.2) is 0 Å². The van der Waals surface area contributed by atoms with Crippen LogP contribution >= 0.6 is 23.2 Å². The molecule has 0 heterocycles. The molecule has 136 valence electrons. The van der Waals surface area contributed by atoms with E-state index in [0.29, 0.717) is 16.6 Å². The molecule has 0 spiro atoms. The van der Waals surface area contributed by atoms with Crippen LogP contribution in [0, 0.1) is 0 Å². The lowest BCUT2D eigenvalue weighted by Gasteiger charge is -2.22. The number of nitrogens with zero attached hydrogens (tertiary/aromatic N) is 1. The van der Waals surface area contributed by atoms with Gasteiger partial charge in [-0.15, -0.1) is 0 Å². The summed E-state index contributed by atoms with van der Waals surface area (Å²) in [4.78, 5) is 26.0. The molecule has 0 bridgehead atoms. The highest BCUT2D eigenvalue weighted by Gasteiger charge is 2.19. The number of rotatable bonds is 6. The molecular weight excluding hydrogens is 371 g/mol. The number of carbonyl (C=O) groups is 2. The van der Waals surface area contributed by atoms with Gasteiger partial charge >= 0.3 is 0 Å².